The predicted molar refractivity (Wildman–Crippen MR) is 92.1 cm³/mol. The normalized spacial score (nSPS) is 27.2. The van der Waals surface area contributed by atoms with Gasteiger partial charge in [0.2, 0.25) is 5.88 Å². The molecule has 0 spiro atoms. The number of hydrogen-bond acceptors (Lipinski definition) is 6. The number of aromatic nitrogens is 1. The van der Waals surface area contributed by atoms with Crippen molar-refractivity contribution in [2.45, 2.75) is 43.4 Å². The monoisotopic (exact) mass is 349 g/mol. The lowest BCUT2D eigenvalue weighted by atomic mass is 9.75. The number of piperidine rings is 1. The van der Waals surface area contributed by atoms with Crippen LogP contribution in [-0.4, -0.2) is 65.0 Å². The summed E-state index contributed by atoms with van der Waals surface area (Å²) in [7, 11) is 3.54. The van der Waals surface area contributed by atoms with Crippen molar-refractivity contribution in [1.82, 2.24) is 15.2 Å². The minimum absolute atomic E-state index is 0.143. The van der Waals surface area contributed by atoms with E-state index in [0.29, 0.717) is 44.7 Å². The highest BCUT2D eigenvalue weighted by Crippen LogP contribution is 2.38. The van der Waals surface area contributed by atoms with Crippen molar-refractivity contribution in [3.05, 3.63) is 23.9 Å². The van der Waals surface area contributed by atoms with E-state index in [1.165, 1.54) is 0 Å². The van der Waals surface area contributed by atoms with Gasteiger partial charge >= 0.3 is 0 Å². The Labute approximate surface area is 148 Å². The average molecular weight is 349 g/mol. The highest BCUT2D eigenvalue weighted by atomic mass is 16.5. The van der Waals surface area contributed by atoms with Gasteiger partial charge in [0.05, 0.1) is 19.3 Å². The molecule has 7 nitrogen and oxygen atoms in total. The number of ether oxygens (including phenoxy) is 1. The number of nitrogens with one attached hydrogen (secondary N) is 1. The summed E-state index contributed by atoms with van der Waals surface area (Å²) < 4.78 is 5.09. The maximum atomic E-state index is 12.8. The van der Waals surface area contributed by atoms with Crippen LogP contribution in [0.1, 0.15) is 37.3 Å². The van der Waals surface area contributed by atoms with Crippen molar-refractivity contribution in [3.63, 3.8) is 0 Å². The van der Waals surface area contributed by atoms with Crippen LogP contribution in [0.25, 0.3) is 0 Å². The fourth-order valence-electron chi connectivity index (χ4n) is 3.56. The topological polar surface area (TPSA) is 94.9 Å². The summed E-state index contributed by atoms with van der Waals surface area (Å²) in [5.41, 5.74) is -0.463. The molecule has 0 unspecified atom stereocenters. The molecule has 0 aromatic carbocycles. The van der Waals surface area contributed by atoms with E-state index >= 15 is 0 Å². The first-order valence-electron chi connectivity index (χ1n) is 8.81. The third kappa shape index (κ3) is 3.94. The van der Waals surface area contributed by atoms with Crippen molar-refractivity contribution >= 4 is 5.91 Å². The van der Waals surface area contributed by atoms with E-state index in [1.807, 2.05) is 13.1 Å². The van der Waals surface area contributed by atoms with Gasteiger partial charge in [-0.15, -0.1) is 0 Å². The van der Waals surface area contributed by atoms with Gasteiger partial charge in [-0.1, -0.05) is 6.07 Å². The maximum Gasteiger partial charge on any atom is 0.252 e. The third-order valence-corrected chi connectivity index (χ3v) is 5.47. The first kappa shape index (κ1) is 18.1. The molecule has 2 heterocycles. The molecule has 0 radical (unpaired) electrons. The fourth-order valence-corrected chi connectivity index (χ4v) is 3.56. The Morgan fingerprint density at radius 2 is 2.08 bits per heavy atom. The number of likely N-dealkylation sites (tertiary alicyclic amines) is 1. The molecular weight excluding hydrogens is 322 g/mol. The van der Waals surface area contributed by atoms with Gasteiger partial charge in [0.15, 0.2) is 0 Å². The molecule has 138 valence electrons. The lowest BCUT2D eigenvalue weighted by Crippen LogP contribution is -2.55. The van der Waals surface area contributed by atoms with Gasteiger partial charge in [-0.05, 0) is 44.2 Å². The van der Waals surface area contributed by atoms with Crippen molar-refractivity contribution in [1.29, 1.82) is 0 Å². The number of amides is 1. The van der Waals surface area contributed by atoms with E-state index in [9.17, 15) is 15.0 Å². The van der Waals surface area contributed by atoms with E-state index < -0.39 is 5.60 Å². The van der Waals surface area contributed by atoms with E-state index in [0.717, 1.165) is 5.56 Å². The van der Waals surface area contributed by atoms with E-state index in [2.05, 4.69) is 15.2 Å². The Balaban J connectivity index is 1.74. The maximum absolute atomic E-state index is 12.8. The summed E-state index contributed by atoms with van der Waals surface area (Å²) in [4.78, 5) is 19.1. The molecule has 1 aromatic rings. The first-order valence-corrected chi connectivity index (χ1v) is 8.81. The Morgan fingerprint density at radius 1 is 1.40 bits per heavy atom. The smallest absolute Gasteiger partial charge is 0.252 e. The van der Waals surface area contributed by atoms with Gasteiger partial charge in [-0.25, -0.2) is 4.98 Å². The highest BCUT2D eigenvalue weighted by molar-refractivity contribution is 5.85. The Kier molecular flexibility index (Phi) is 5.27. The number of aliphatic hydroxyl groups is 2. The molecule has 1 aromatic heterocycles. The molecule has 1 aliphatic heterocycles. The number of hydrogen-bond donors (Lipinski definition) is 3. The van der Waals surface area contributed by atoms with Gasteiger partial charge in [0, 0.05) is 25.4 Å². The summed E-state index contributed by atoms with van der Waals surface area (Å²) in [5.74, 6) is 0.322. The van der Waals surface area contributed by atoms with Crippen LogP contribution in [0.4, 0.5) is 0 Å². The second-order valence-electron chi connectivity index (χ2n) is 7.31. The van der Waals surface area contributed by atoms with E-state index in [1.54, 1.807) is 19.4 Å². The zero-order chi connectivity index (χ0) is 18.0. The highest BCUT2D eigenvalue weighted by Gasteiger charge is 2.42. The number of carbonyl (C=O) groups is 1. The average Bonchev–Trinajstić information content (AvgIpc) is 2.60. The molecule has 2 fully saturated rings. The molecular formula is C18H27N3O4. The van der Waals surface area contributed by atoms with Crippen LogP contribution in [0.15, 0.2) is 18.3 Å². The SMILES string of the molecule is COc1ccc([C@@H](NC(=O)C2(O)CCN(C)CC2)C2CC(O)C2)cn1. The third-order valence-electron chi connectivity index (χ3n) is 5.47. The van der Waals surface area contributed by atoms with Crippen LogP contribution in [0.5, 0.6) is 5.88 Å². The second-order valence-corrected chi connectivity index (χ2v) is 7.31. The Bertz CT molecular complexity index is 593. The van der Waals surface area contributed by atoms with Crippen molar-refractivity contribution in [2.75, 3.05) is 27.2 Å². The molecule has 1 amide bonds. The lowest BCUT2D eigenvalue weighted by Gasteiger charge is -2.41. The summed E-state index contributed by atoms with van der Waals surface area (Å²) in [6.45, 7) is 1.39. The first-order chi connectivity index (χ1) is 11.9. The predicted octanol–water partition coefficient (Wildman–Crippen LogP) is 0.475. The second kappa shape index (κ2) is 7.27. The lowest BCUT2D eigenvalue weighted by molar-refractivity contribution is -0.146. The molecule has 3 N–H and O–H groups in total. The van der Waals surface area contributed by atoms with Gasteiger partial charge in [0.25, 0.3) is 5.91 Å². The van der Waals surface area contributed by atoms with Crippen molar-refractivity contribution in [3.8, 4) is 5.88 Å². The number of carbonyl (C=O) groups excluding carboxylic acids is 1. The van der Waals surface area contributed by atoms with Crippen molar-refractivity contribution in [2.24, 2.45) is 5.92 Å². The number of nitrogens with zero attached hydrogens (tertiary/aromatic N) is 2. The van der Waals surface area contributed by atoms with Gasteiger partial charge in [-0.2, -0.15) is 0 Å². The van der Waals surface area contributed by atoms with Crippen LogP contribution >= 0.6 is 0 Å². The molecule has 3 rings (SSSR count). The largest absolute Gasteiger partial charge is 0.481 e. The Hall–Kier alpha value is -1.70. The number of rotatable bonds is 5. The molecule has 7 heteroatoms. The van der Waals surface area contributed by atoms with Crippen LogP contribution in [0, 0.1) is 5.92 Å². The molecule has 1 aliphatic carbocycles. The minimum Gasteiger partial charge on any atom is -0.481 e. The summed E-state index contributed by atoms with van der Waals surface area (Å²) in [6, 6.07) is 3.37. The molecule has 0 bridgehead atoms. The number of aliphatic hydroxyl groups excluding tert-OH is 1. The standard InChI is InChI=1S/C18H27N3O4/c1-21-7-5-18(24,6-8-21)17(23)20-16(13-9-14(22)10-13)12-3-4-15(25-2)19-11-12/h3-4,11,13-14,16,22,24H,5-10H2,1-2H3,(H,20,23)/t13?,14?,16-/m1/s1. The van der Waals surface area contributed by atoms with E-state index in [-0.39, 0.29) is 24.0 Å². The molecule has 25 heavy (non-hydrogen) atoms. The van der Waals surface area contributed by atoms with Crippen LogP contribution in [-0.2, 0) is 4.79 Å². The quantitative estimate of drug-likeness (QED) is 0.716. The molecule has 1 saturated carbocycles. The Morgan fingerprint density at radius 3 is 2.60 bits per heavy atom. The van der Waals surface area contributed by atoms with Gasteiger partial charge < -0.3 is 25.2 Å². The summed E-state index contributed by atoms with van der Waals surface area (Å²) in [5, 5.41) is 23.4. The van der Waals surface area contributed by atoms with Crippen LogP contribution < -0.4 is 10.1 Å². The molecule has 1 saturated heterocycles. The van der Waals surface area contributed by atoms with Gasteiger partial charge in [0.1, 0.15) is 5.60 Å². The molecule has 1 atom stereocenters. The van der Waals surface area contributed by atoms with Crippen LogP contribution in [0.2, 0.25) is 0 Å². The van der Waals surface area contributed by atoms with Crippen LogP contribution in [0.3, 0.4) is 0 Å². The fraction of sp³-hybridized carbons (Fsp3) is 0.667. The van der Waals surface area contributed by atoms with Crippen molar-refractivity contribution < 1.29 is 19.7 Å². The summed E-state index contributed by atoms with van der Waals surface area (Å²) >= 11 is 0. The van der Waals surface area contributed by atoms with E-state index in [4.69, 9.17) is 4.74 Å². The zero-order valence-electron chi connectivity index (χ0n) is 14.8. The molecule has 2 aliphatic rings. The number of methoxy groups -OCH3 is 1. The zero-order valence-corrected chi connectivity index (χ0v) is 14.8. The summed E-state index contributed by atoms with van der Waals surface area (Å²) in [6.07, 6.45) is 3.50. The number of pyridine rings is 1. The minimum atomic E-state index is -1.33. The van der Waals surface area contributed by atoms with Gasteiger partial charge in [-0.3, -0.25) is 4.79 Å².